The minimum Gasteiger partial charge on any atom is -0.465 e. The van der Waals surface area contributed by atoms with Crippen LogP contribution in [0.5, 0.6) is 0 Å². The lowest BCUT2D eigenvalue weighted by molar-refractivity contribution is -0.181. The van der Waals surface area contributed by atoms with E-state index < -0.39 is 23.5 Å². The van der Waals surface area contributed by atoms with Gasteiger partial charge in [-0.1, -0.05) is 6.92 Å². The third kappa shape index (κ3) is 3.43. The van der Waals surface area contributed by atoms with Crippen LogP contribution in [0, 0.1) is 5.41 Å². The third-order valence-corrected chi connectivity index (χ3v) is 2.70. The maximum absolute atomic E-state index is 11.9. The van der Waals surface area contributed by atoms with E-state index in [-0.39, 0.29) is 13.2 Å². The van der Waals surface area contributed by atoms with E-state index in [1.165, 1.54) is 14.0 Å². The quantitative estimate of drug-likeness (QED) is 0.503. The van der Waals surface area contributed by atoms with Gasteiger partial charge < -0.3 is 14.2 Å². The molecule has 100 valence electrons. The minimum atomic E-state index is -1.41. The topological polar surface area (TPSA) is 61.8 Å². The van der Waals surface area contributed by atoms with E-state index in [9.17, 15) is 9.59 Å². The monoisotopic (exact) mass is 246 g/mol. The van der Waals surface area contributed by atoms with Gasteiger partial charge in [0.05, 0.1) is 19.3 Å². The van der Waals surface area contributed by atoms with Gasteiger partial charge in [-0.15, -0.1) is 0 Å². The summed E-state index contributed by atoms with van der Waals surface area (Å²) in [6.07, 6.45) is -0.0365. The fraction of sp³-hybridized carbons (Fsp3) is 0.833. The first-order valence-corrected chi connectivity index (χ1v) is 5.86. The largest absolute Gasteiger partial charge is 0.465 e. The minimum absolute atomic E-state index is 0.216. The second-order valence-corrected chi connectivity index (χ2v) is 3.78. The average Bonchev–Trinajstić information content (AvgIpc) is 2.30. The summed E-state index contributed by atoms with van der Waals surface area (Å²) in [5.74, 6) is -1.21. The molecule has 5 heteroatoms. The van der Waals surface area contributed by atoms with Gasteiger partial charge in [-0.3, -0.25) is 9.59 Å². The number of carbonyl (C=O) groups is 2. The highest BCUT2D eigenvalue weighted by Crippen LogP contribution is 2.29. The normalized spacial score (nSPS) is 13.0. The SMILES string of the molecule is CCOC(=O)C(C)(C(=O)OCC)C(CC)OC. The molecule has 0 aromatic carbocycles. The molecule has 0 aromatic heterocycles. The van der Waals surface area contributed by atoms with Crippen LogP contribution in [0.25, 0.3) is 0 Å². The van der Waals surface area contributed by atoms with Crippen LogP contribution >= 0.6 is 0 Å². The Bertz CT molecular complexity index is 240. The van der Waals surface area contributed by atoms with Crippen molar-refractivity contribution in [2.45, 2.75) is 40.2 Å². The molecule has 0 aliphatic rings. The van der Waals surface area contributed by atoms with E-state index in [1.54, 1.807) is 13.8 Å². The van der Waals surface area contributed by atoms with Gasteiger partial charge in [-0.25, -0.2) is 0 Å². The summed E-state index contributed by atoms with van der Waals surface area (Å²) < 4.78 is 15.1. The molecule has 0 rings (SSSR count). The molecule has 0 amide bonds. The predicted molar refractivity (Wildman–Crippen MR) is 62.5 cm³/mol. The number of ether oxygens (including phenoxy) is 3. The Hall–Kier alpha value is -1.10. The number of methoxy groups -OCH3 is 1. The summed E-state index contributed by atoms with van der Waals surface area (Å²) in [5, 5.41) is 0. The maximum Gasteiger partial charge on any atom is 0.325 e. The fourth-order valence-electron chi connectivity index (χ4n) is 1.72. The lowest BCUT2D eigenvalue weighted by atomic mass is 9.82. The predicted octanol–water partition coefficient (Wildman–Crippen LogP) is 1.54. The van der Waals surface area contributed by atoms with Crippen molar-refractivity contribution in [1.82, 2.24) is 0 Å². The van der Waals surface area contributed by atoms with Crippen LogP contribution in [-0.2, 0) is 23.8 Å². The Morgan fingerprint density at radius 2 is 1.47 bits per heavy atom. The summed E-state index contributed by atoms with van der Waals surface area (Å²) in [6, 6.07) is 0. The second-order valence-electron chi connectivity index (χ2n) is 3.78. The van der Waals surface area contributed by atoms with Crippen molar-refractivity contribution in [3.05, 3.63) is 0 Å². The highest BCUT2D eigenvalue weighted by atomic mass is 16.6. The van der Waals surface area contributed by atoms with Crippen LogP contribution in [0.4, 0.5) is 0 Å². The number of hydrogen-bond donors (Lipinski definition) is 0. The molecule has 0 aliphatic heterocycles. The Labute approximate surface area is 102 Å². The van der Waals surface area contributed by atoms with E-state index in [1.807, 2.05) is 6.92 Å². The van der Waals surface area contributed by atoms with Gasteiger partial charge in [-0.2, -0.15) is 0 Å². The van der Waals surface area contributed by atoms with Crippen molar-refractivity contribution < 1.29 is 23.8 Å². The van der Waals surface area contributed by atoms with Crippen LogP contribution in [0.3, 0.4) is 0 Å². The summed E-state index contributed by atoms with van der Waals surface area (Å²) >= 11 is 0. The number of hydrogen-bond acceptors (Lipinski definition) is 5. The van der Waals surface area contributed by atoms with Crippen LogP contribution in [0.1, 0.15) is 34.1 Å². The lowest BCUT2D eigenvalue weighted by Gasteiger charge is -2.31. The van der Waals surface area contributed by atoms with Crippen LogP contribution in [-0.4, -0.2) is 38.4 Å². The van der Waals surface area contributed by atoms with Crippen LogP contribution < -0.4 is 0 Å². The zero-order valence-electron chi connectivity index (χ0n) is 11.2. The van der Waals surface area contributed by atoms with Gasteiger partial charge in [0, 0.05) is 7.11 Å². The van der Waals surface area contributed by atoms with Gasteiger partial charge in [-0.05, 0) is 27.2 Å². The Balaban J connectivity index is 5.17. The molecule has 0 N–H and O–H groups in total. The molecule has 17 heavy (non-hydrogen) atoms. The molecule has 0 aromatic rings. The first kappa shape index (κ1) is 15.9. The fourth-order valence-corrected chi connectivity index (χ4v) is 1.72. The molecule has 0 spiro atoms. The number of esters is 2. The van der Waals surface area contributed by atoms with E-state index in [0.717, 1.165) is 0 Å². The molecule has 0 saturated heterocycles. The van der Waals surface area contributed by atoms with Gasteiger partial charge in [0.25, 0.3) is 0 Å². The van der Waals surface area contributed by atoms with Crippen molar-refractivity contribution in [3.8, 4) is 0 Å². The van der Waals surface area contributed by atoms with E-state index in [0.29, 0.717) is 6.42 Å². The first-order chi connectivity index (χ1) is 7.98. The smallest absolute Gasteiger partial charge is 0.325 e. The van der Waals surface area contributed by atoms with Gasteiger partial charge in [0.1, 0.15) is 0 Å². The highest BCUT2D eigenvalue weighted by Gasteiger charge is 2.50. The zero-order chi connectivity index (χ0) is 13.5. The van der Waals surface area contributed by atoms with E-state index in [2.05, 4.69) is 0 Å². The Morgan fingerprint density at radius 1 is 1.06 bits per heavy atom. The molecule has 0 aliphatic carbocycles. The third-order valence-electron chi connectivity index (χ3n) is 2.70. The van der Waals surface area contributed by atoms with E-state index >= 15 is 0 Å². The number of carbonyl (C=O) groups excluding carboxylic acids is 2. The van der Waals surface area contributed by atoms with Crippen LogP contribution in [0.15, 0.2) is 0 Å². The molecule has 5 nitrogen and oxygen atoms in total. The summed E-state index contributed by atoms with van der Waals surface area (Å²) in [6.45, 7) is 7.15. The van der Waals surface area contributed by atoms with Crippen LogP contribution in [0.2, 0.25) is 0 Å². The van der Waals surface area contributed by atoms with Gasteiger partial charge in [0.15, 0.2) is 5.41 Å². The van der Waals surface area contributed by atoms with Crippen molar-refractivity contribution in [2.75, 3.05) is 20.3 Å². The second kappa shape index (κ2) is 7.27. The summed E-state index contributed by atoms with van der Waals surface area (Å²) in [7, 11) is 1.46. The molecular weight excluding hydrogens is 224 g/mol. The molecule has 0 bridgehead atoms. The van der Waals surface area contributed by atoms with Crippen molar-refractivity contribution >= 4 is 11.9 Å². The number of rotatable bonds is 7. The van der Waals surface area contributed by atoms with Crippen molar-refractivity contribution in [2.24, 2.45) is 5.41 Å². The molecule has 1 unspecified atom stereocenters. The highest BCUT2D eigenvalue weighted by molar-refractivity contribution is 6.00. The summed E-state index contributed by atoms with van der Waals surface area (Å²) in [4.78, 5) is 23.9. The molecular formula is C12H22O5. The Morgan fingerprint density at radius 3 is 1.71 bits per heavy atom. The zero-order valence-corrected chi connectivity index (χ0v) is 11.2. The van der Waals surface area contributed by atoms with Crippen molar-refractivity contribution in [1.29, 1.82) is 0 Å². The summed E-state index contributed by atoms with van der Waals surface area (Å²) in [5.41, 5.74) is -1.41. The molecule has 0 fully saturated rings. The Kier molecular flexibility index (Phi) is 6.80. The lowest BCUT2D eigenvalue weighted by Crippen LogP contribution is -2.49. The first-order valence-electron chi connectivity index (χ1n) is 5.86. The standard InChI is InChI=1S/C12H22O5/c1-6-9(15-5)12(4,10(13)16-7-2)11(14)17-8-3/h9H,6-8H2,1-5H3. The van der Waals surface area contributed by atoms with Gasteiger partial charge >= 0.3 is 11.9 Å². The molecule has 0 heterocycles. The van der Waals surface area contributed by atoms with E-state index in [4.69, 9.17) is 14.2 Å². The average molecular weight is 246 g/mol. The van der Waals surface area contributed by atoms with Crippen molar-refractivity contribution in [3.63, 3.8) is 0 Å². The molecule has 0 radical (unpaired) electrons. The molecule has 0 saturated carbocycles. The van der Waals surface area contributed by atoms with Gasteiger partial charge in [0.2, 0.25) is 0 Å². The molecule has 1 atom stereocenters. The maximum atomic E-state index is 11.9.